The number of carboxylic acids is 1. The Kier molecular flexibility index (Phi) is 5.09. The van der Waals surface area contributed by atoms with Gasteiger partial charge in [-0.15, -0.1) is 0 Å². The standard InChI is InChI=1S/C17H28N2O4/c20-15(21)13-2-4-14(5-3-13)18-16(22)19-9-1-6-17(12-19)7-10-23-11-8-17/h13-14H,1-12H2,(H,18,22)(H,20,21). The molecule has 0 unspecified atom stereocenters. The zero-order valence-corrected chi connectivity index (χ0v) is 13.8. The van der Waals surface area contributed by atoms with Crippen LogP contribution in [-0.2, 0) is 9.53 Å². The molecule has 0 aromatic carbocycles. The van der Waals surface area contributed by atoms with Gasteiger partial charge in [0.15, 0.2) is 0 Å². The molecular formula is C17H28N2O4. The van der Waals surface area contributed by atoms with Crippen LogP contribution in [0.5, 0.6) is 0 Å². The number of carbonyl (C=O) groups is 2. The zero-order chi connectivity index (χ0) is 16.3. The lowest BCUT2D eigenvalue weighted by Gasteiger charge is -2.45. The lowest BCUT2D eigenvalue weighted by Crippen LogP contribution is -2.53. The van der Waals surface area contributed by atoms with Gasteiger partial charge in [-0.1, -0.05) is 0 Å². The van der Waals surface area contributed by atoms with Gasteiger partial charge in [0.1, 0.15) is 0 Å². The predicted molar refractivity (Wildman–Crippen MR) is 85.2 cm³/mol. The molecule has 6 heteroatoms. The van der Waals surface area contributed by atoms with E-state index in [1.807, 2.05) is 4.90 Å². The Bertz CT molecular complexity index is 434. The van der Waals surface area contributed by atoms with Crippen molar-refractivity contribution in [1.82, 2.24) is 10.2 Å². The van der Waals surface area contributed by atoms with E-state index < -0.39 is 5.97 Å². The van der Waals surface area contributed by atoms with Gasteiger partial charge >= 0.3 is 12.0 Å². The number of carboxylic acid groups (broad SMARTS) is 1. The number of piperidine rings is 1. The summed E-state index contributed by atoms with van der Waals surface area (Å²) < 4.78 is 5.48. The third-order valence-corrected chi connectivity index (χ3v) is 5.91. The molecule has 0 atom stereocenters. The normalized spacial score (nSPS) is 30.9. The number of carbonyl (C=O) groups excluding carboxylic acids is 1. The summed E-state index contributed by atoms with van der Waals surface area (Å²) in [7, 11) is 0. The van der Waals surface area contributed by atoms with Crippen LogP contribution in [0.25, 0.3) is 0 Å². The highest BCUT2D eigenvalue weighted by Gasteiger charge is 2.39. The minimum Gasteiger partial charge on any atom is -0.481 e. The first-order valence-electron chi connectivity index (χ1n) is 8.94. The van der Waals surface area contributed by atoms with Gasteiger partial charge in [0.2, 0.25) is 0 Å². The number of nitrogens with zero attached hydrogens (tertiary/aromatic N) is 1. The summed E-state index contributed by atoms with van der Waals surface area (Å²) in [5.41, 5.74) is 0.259. The molecule has 0 aromatic rings. The van der Waals surface area contributed by atoms with Crippen molar-refractivity contribution in [3.8, 4) is 0 Å². The quantitative estimate of drug-likeness (QED) is 0.816. The van der Waals surface area contributed by atoms with Crippen molar-refractivity contribution in [2.45, 2.75) is 57.4 Å². The van der Waals surface area contributed by atoms with Crippen LogP contribution in [0.4, 0.5) is 4.79 Å². The Morgan fingerprint density at radius 2 is 1.78 bits per heavy atom. The molecule has 2 saturated heterocycles. The maximum Gasteiger partial charge on any atom is 0.317 e. The molecule has 1 spiro atoms. The third-order valence-electron chi connectivity index (χ3n) is 5.91. The molecule has 0 bridgehead atoms. The fraction of sp³-hybridized carbons (Fsp3) is 0.882. The second kappa shape index (κ2) is 7.07. The van der Waals surface area contributed by atoms with Crippen molar-refractivity contribution in [2.75, 3.05) is 26.3 Å². The number of nitrogens with one attached hydrogen (secondary N) is 1. The summed E-state index contributed by atoms with van der Waals surface area (Å²) >= 11 is 0. The summed E-state index contributed by atoms with van der Waals surface area (Å²) in [6.07, 6.45) is 7.26. The van der Waals surface area contributed by atoms with Crippen LogP contribution in [0.15, 0.2) is 0 Å². The number of aliphatic carboxylic acids is 1. The van der Waals surface area contributed by atoms with Gasteiger partial charge in [-0.3, -0.25) is 4.79 Å². The van der Waals surface area contributed by atoms with Crippen LogP contribution in [0.2, 0.25) is 0 Å². The monoisotopic (exact) mass is 324 g/mol. The Morgan fingerprint density at radius 3 is 2.43 bits per heavy atom. The van der Waals surface area contributed by atoms with Gasteiger partial charge in [-0.2, -0.15) is 0 Å². The van der Waals surface area contributed by atoms with Gasteiger partial charge in [0.05, 0.1) is 5.92 Å². The molecule has 3 fully saturated rings. The molecule has 0 aromatic heterocycles. The molecule has 2 N–H and O–H groups in total. The van der Waals surface area contributed by atoms with Gasteiger partial charge in [-0.05, 0) is 56.8 Å². The van der Waals surface area contributed by atoms with Crippen molar-refractivity contribution in [2.24, 2.45) is 11.3 Å². The summed E-state index contributed by atoms with van der Waals surface area (Å²) in [5, 5.41) is 12.2. The summed E-state index contributed by atoms with van der Waals surface area (Å²) in [6, 6.07) is 0.167. The van der Waals surface area contributed by atoms with Gasteiger partial charge in [0, 0.05) is 32.3 Å². The highest BCUT2D eigenvalue weighted by atomic mass is 16.5. The summed E-state index contributed by atoms with van der Waals surface area (Å²) in [4.78, 5) is 25.5. The fourth-order valence-corrected chi connectivity index (χ4v) is 4.34. The maximum atomic E-state index is 12.6. The largest absolute Gasteiger partial charge is 0.481 e. The van der Waals surface area contributed by atoms with Crippen LogP contribution in [-0.4, -0.2) is 54.4 Å². The van der Waals surface area contributed by atoms with Crippen molar-refractivity contribution in [3.63, 3.8) is 0 Å². The highest BCUT2D eigenvalue weighted by molar-refractivity contribution is 5.75. The highest BCUT2D eigenvalue weighted by Crippen LogP contribution is 2.39. The number of amides is 2. The zero-order valence-electron chi connectivity index (χ0n) is 13.8. The molecule has 3 rings (SSSR count). The van der Waals surface area contributed by atoms with Crippen LogP contribution < -0.4 is 5.32 Å². The van der Waals surface area contributed by atoms with Gasteiger partial charge < -0.3 is 20.1 Å². The number of ether oxygens (including phenoxy) is 1. The van der Waals surface area contributed by atoms with Crippen molar-refractivity contribution >= 4 is 12.0 Å². The summed E-state index contributed by atoms with van der Waals surface area (Å²) in [6.45, 7) is 3.30. The topological polar surface area (TPSA) is 78.9 Å². The van der Waals surface area contributed by atoms with Gasteiger partial charge in [-0.25, -0.2) is 4.79 Å². The van der Waals surface area contributed by atoms with Crippen molar-refractivity contribution < 1.29 is 19.4 Å². The van der Waals surface area contributed by atoms with E-state index >= 15 is 0 Å². The third kappa shape index (κ3) is 3.97. The molecule has 1 saturated carbocycles. The minimum absolute atomic E-state index is 0.0364. The molecule has 23 heavy (non-hydrogen) atoms. The lowest BCUT2D eigenvalue weighted by atomic mass is 9.74. The minimum atomic E-state index is -0.702. The van der Waals surface area contributed by atoms with Crippen LogP contribution in [0.1, 0.15) is 51.4 Å². The van der Waals surface area contributed by atoms with Crippen LogP contribution in [0.3, 0.4) is 0 Å². The Balaban J connectivity index is 1.49. The molecule has 2 heterocycles. The van der Waals surface area contributed by atoms with Crippen LogP contribution in [0, 0.1) is 11.3 Å². The van der Waals surface area contributed by atoms with E-state index in [1.54, 1.807) is 0 Å². The number of urea groups is 1. The first kappa shape index (κ1) is 16.6. The lowest BCUT2D eigenvalue weighted by molar-refractivity contribution is -0.142. The Hall–Kier alpha value is -1.30. The van der Waals surface area contributed by atoms with E-state index in [9.17, 15) is 9.59 Å². The predicted octanol–water partition coefficient (Wildman–Crippen LogP) is 2.23. The molecule has 2 aliphatic heterocycles. The first-order chi connectivity index (χ1) is 11.1. The Labute approximate surface area is 137 Å². The molecule has 3 aliphatic rings. The number of likely N-dealkylation sites (tertiary alicyclic amines) is 1. The van der Waals surface area contributed by atoms with Crippen molar-refractivity contribution in [1.29, 1.82) is 0 Å². The smallest absolute Gasteiger partial charge is 0.317 e. The van der Waals surface area contributed by atoms with E-state index in [2.05, 4.69) is 5.32 Å². The molecule has 1 aliphatic carbocycles. The first-order valence-corrected chi connectivity index (χ1v) is 8.94. The maximum absolute atomic E-state index is 12.6. The fourth-order valence-electron chi connectivity index (χ4n) is 4.34. The average molecular weight is 324 g/mol. The van der Waals surface area contributed by atoms with E-state index in [1.165, 1.54) is 6.42 Å². The molecule has 2 amide bonds. The van der Waals surface area contributed by atoms with Crippen molar-refractivity contribution in [3.05, 3.63) is 0 Å². The van der Waals surface area contributed by atoms with E-state index in [-0.39, 0.29) is 23.4 Å². The number of rotatable bonds is 2. The number of hydrogen-bond donors (Lipinski definition) is 2. The molecule has 6 nitrogen and oxygen atoms in total. The average Bonchev–Trinajstić information content (AvgIpc) is 2.56. The molecular weight excluding hydrogens is 296 g/mol. The second-order valence-corrected chi connectivity index (χ2v) is 7.47. The number of hydrogen-bond acceptors (Lipinski definition) is 3. The molecule has 0 radical (unpaired) electrons. The van der Waals surface area contributed by atoms with Gasteiger partial charge in [0.25, 0.3) is 0 Å². The van der Waals surface area contributed by atoms with E-state index in [0.717, 1.165) is 58.4 Å². The second-order valence-electron chi connectivity index (χ2n) is 7.47. The van der Waals surface area contributed by atoms with E-state index in [0.29, 0.717) is 12.8 Å². The molecule has 130 valence electrons. The summed E-state index contributed by atoms with van der Waals surface area (Å²) in [5.74, 6) is -0.934. The van der Waals surface area contributed by atoms with E-state index in [4.69, 9.17) is 9.84 Å². The SMILES string of the molecule is O=C(O)C1CCC(NC(=O)N2CCCC3(CCOCC3)C2)CC1. The Morgan fingerprint density at radius 1 is 1.09 bits per heavy atom. The van der Waals surface area contributed by atoms with Crippen LogP contribution >= 0.6 is 0 Å².